The normalized spacial score (nSPS) is 15.6. The van der Waals surface area contributed by atoms with Crippen LogP contribution in [0.1, 0.15) is 48.5 Å². The van der Waals surface area contributed by atoms with Gasteiger partial charge in [-0.3, -0.25) is 4.79 Å². The summed E-state index contributed by atoms with van der Waals surface area (Å²) < 4.78 is 28.2. The number of benzene rings is 1. The summed E-state index contributed by atoms with van der Waals surface area (Å²) in [6.45, 7) is 0. The minimum Gasteiger partial charge on any atom is -0.307 e. The third kappa shape index (κ3) is 3.37. The molecule has 0 bridgehead atoms. The van der Waals surface area contributed by atoms with Crippen LogP contribution in [-0.4, -0.2) is 15.7 Å². The number of anilines is 1. The highest BCUT2D eigenvalue weighted by atomic mass is 35.5. The highest BCUT2D eigenvalue weighted by molar-refractivity contribution is 6.34. The Bertz CT molecular complexity index is 726. The van der Waals surface area contributed by atoms with E-state index in [0.717, 1.165) is 37.8 Å². The molecule has 1 aromatic heterocycles. The van der Waals surface area contributed by atoms with Gasteiger partial charge >= 0.3 is 0 Å². The zero-order chi connectivity index (χ0) is 16.4. The Hall–Kier alpha value is -1.95. The third-order valence-electron chi connectivity index (χ3n) is 4.09. The zero-order valence-electron chi connectivity index (χ0n) is 12.4. The lowest BCUT2D eigenvalue weighted by atomic mass is 9.96. The Morgan fingerprint density at radius 2 is 1.91 bits per heavy atom. The lowest BCUT2D eigenvalue weighted by Crippen LogP contribution is -2.20. The maximum absolute atomic E-state index is 13.3. The first-order valence-electron chi connectivity index (χ1n) is 7.55. The van der Waals surface area contributed by atoms with Gasteiger partial charge in [0.1, 0.15) is 5.82 Å². The van der Waals surface area contributed by atoms with E-state index in [1.807, 2.05) is 0 Å². The fourth-order valence-corrected chi connectivity index (χ4v) is 3.15. The van der Waals surface area contributed by atoms with Gasteiger partial charge < -0.3 is 5.32 Å². The van der Waals surface area contributed by atoms with Crippen molar-refractivity contribution in [2.45, 2.75) is 38.1 Å². The summed E-state index contributed by atoms with van der Waals surface area (Å²) in [5.74, 6) is -2.26. The quantitative estimate of drug-likeness (QED) is 0.832. The van der Waals surface area contributed by atoms with Crippen molar-refractivity contribution in [3.8, 4) is 0 Å². The molecular weight excluding hydrogens is 324 g/mol. The molecule has 7 heteroatoms. The first kappa shape index (κ1) is 15.9. The maximum atomic E-state index is 13.3. The molecule has 1 aliphatic carbocycles. The van der Waals surface area contributed by atoms with Crippen molar-refractivity contribution >= 4 is 23.3 Å². The van der Waals surface area contributed by atoms with Gasteiger partial charge in [-0.2, -0.15) is 5.10 Å². The van der Waals surface area contributed by atoms with Gasteiger partial charge in [-0.15, -0.1) is 0 Å². The van der Waals surface area contributed by atoms with Crippen molar-refractivity contribution in [3.63, 3.8) is 0 Å². The van der Waals surface area contributed by atoms with E-state index >= 15 is 0 Å². The van der Waals surface area contributed by atoms with E-state index in [0.29, 0.717) is 5.82 Å². The van der Waals surface area contributed by atoms with Crippen molar-refractivity contribution in [1.29, 1.82) is 0 Å². The van der Waals surface area contributed by atoms with E-state index < -0.39 is 17.5 Å². The summed E-state index contributed by atoms with van der Waals surface area (Å²) in [6, 6.07) is 3.52. The Balaban J connectivity index is 1.81. The molecule has 1 saturated carbocycles. The van der Waals surface area contributed by atoms with Gasteiger partial charge in [0.2, 0.25) is 0 Å². The average molecular weight is 340 g/mol. The fraction of sp³-hybridized carbons (Fsp3) is 0.375. The topological polar surface area (TPSA) is 46.9 Å². The highest BCUT2D eigenvalue weighted by Gasteiger charge is 2.21. The van der Waals surface area contributed by atoms with Crippen LogP contribution in [0.25, 0.3) is 0 Å². The summed E-state index contributed by atoms with van der Waals surface area (Å²) in [7, 11) is 0. The molecule has 4 nitrogen and oxygen atoms in total. The van der Waals surface area contributed by atoms with Crippen LogP contribution in [0, 0.1) is 11.6 Å². The van der Waals surface area contributed by atoms with E-state index in [1.54, 1.807) is 16.9 Å². The fourth-order valence-electron chi connectivity index (χ4n) is 2.91. The predicted octanol–water partition coefficient (Wildman–Crippen LogP) is 4.57. The molecular formula is C16H16ClF2N3O. The second-order valence-electron chi connectivity index (χ2n) is 5.65. The van der Waals surface area contributed by atoms with Gasteiger partial charge in [0, 0.05) is 6.07 Å². The van der Waals surface area contributed by atoms with Crippen LogP contribution in [0.2, 0.25) is 5.02 Å². The molecule has 1 aromatic carbocycles. The van der Waals surface area contributed by atoms with Crippen molar-refractivity contribution < 1.29 is 13.6 Å². The lowest BCUT2D eigenvalue weighted by Gasteiger charge is -2.24. The van der Waals surface area contributed by atoms with Crippen LogP contribution in [0.5, 0.6) is 0 Å². The molecule has 0 spiro atoms. The summed E-state index contributed by atoms with van der Waals surface area (Å²) >= 11 is 5.84. The van der Waals surface area contributed by atoms with Crippen LogP contribution in [0.15, 0.2) is 24.4 Å². The van der Waals surface area contributed by atoms with Crippen molar-refractivity contribution in [2.24, 2.45) is 0 Å². The summed E-state index contributed by atoms with van der Waals surface area (Å²) in [5.41, 5.74) is -0.109. The van der Waals surface area contributed by atoms with Gasteiger partial charge in [0.15, 0.2) is 11.6 Å². The monoisotopic (exact) mass is 339 g/mol. The molecule has 1 N–H and O–H groups in total. The molecule has 122 valence electrons. The lowest BCUT2D eigenvalue weighted by molar-refractivity contribution is 0.102. The number of amides is 1. The molecule has 1 heterocycles. The smallest absolute Gasteiger partial charge is 0.258 e. The Kier molecular flexibility index (Phi) is 4.61. The van der Waals surface area contributed by atoms with Crippen LogP contribution in [0.3, 0.4) is 0 Å². The molecule has 23 heavy (non-hydrogen) atoms. The van der Waals surface area contributed by atoms with E-state index in [1.165, 1.54) is 6.42 Å². The third-order valence-corrected chi connectivity index (χ3v) is 4.40. The number of carbonyl (C=O) groups is 1. The summed E-state index contributed by atoms with van der Waals surface area (Å²) in [6.07, 6.45) is 7.10. The van der Waals surface area contributed by atoms with Crippen LogP contribution >= 0.6 is 11.6 Å². The molecule has 0 aliphatic heterocycles. The zero-order valence-corrected chi connectivity index (χ0v) is 13.1. The van der Waals surface area contributed by atoms with Crippen molar-refractivity contribution in [3.05, 3.63) is 46.6 Å². The summed E-state index contributed by atoms with van der Waals surface area (Å²) in [4.78, 5) is 12.3. The Morgan fingerprint density at radius 1 is 1.22 bits per heavy atom. The van der Waals surface area contributed by atoms with Crippen LogP contribution in [-0.2, 0) is 0 Å². The second kappa shape index (κ2) is 6.66. The number of nitrogens with one attached hydrogen (secondary N) is 1. The molecule has 0 saturated heterocycles. The number of hydrogen-bond acceptors (Lipinski definition) is 2. The van der Waals surface area contributed by atoms with Gasteiger partial charge in [0.25, 0.3) is 5.91 Å². The molecule has 2 aromatic rings. The standard InChI is InChI=1S/C16H16ClF2N3O/c17-12-9-14(19)13(18)8-11(12)16(23)21-15-6-7-20-22(15)10-4-2-1-3-5-10/h6-10H,1-5H2,(H,21,23). The first-order valence-corrected chi connectivity index (χ1v) is 7.93. The number of aromatic nitrogens is 2. The number of halogens is 3. The summed E-state index contributed by atoms with van der Waals surface area (Å²) in [5, 5.41) is 6.82. The van der Waals surface area contributed by atoms with E-state index in [9.17, 15) is 13.6 Å². The molecule has 0 radical (unpaired) electrons. The Morgan fingerprint density at radius 3 is 2.65 bits per heavy atom. The predicted molar refractivity (Wildman–Crippen MR) is 83.7 cm³/mol. The molecule has 3 rings (SSSR count). The SMILES string of the molecule is O=C(Nc1ccnn1C1CCCCC1)c1cc(F)c(F)cc1Cl. The molecule has 1 aliphatic rings. The number of carbonyl (C=O) groups excluding carboxylic acids is 1. The van der Waals surface area contributed by atoms with E-state index in [-0.39, 0.29) is 16.6 Å². The maximum Gasteiger partial charge on any atom is 0.258 e. The van der Waals surface area contributed by atoms with Crippen LogP contribution < -0.4 is 5.32 Å². The molecule has 0 atom stereocenters. The second-order valence-corrected chi connectivity index (χ2v) is 6.06. The van der Waals surface area contributed by atoms with E-state index in [4.69, 9.17) is 11.6 Å². The minimum absolute atomic E-state index is 0.109. The van der Waals surface area contributed by atoms with Gasteiger partial charge in [-0.05, 0) is 25.0 Å². The molecule has 0 unspecified atom stereocenters. The van der Waals surface area contributed by atoms with Gasteiger partial charge in [-0.1, -0.05) is 30.9 Å². The minimum atomic E-state index is -1.11. The van der Waals surface area contributed by atoms with Crippen molar-refractivity contribution in [2.75, 3.05) is 5.32 Å². The Labute approximate surface area is 137 Å². The average Bonchev–Trinajstić information content (AvgIpc) is 2.99. The van der Waals surface area contributed by atoms with Gasteiger partial charge in [0.05, 0.1) is 22.8 Å². The number of nitrogens with zero attached hydrogens (tertiary/aromatic N) is 2. The van der Waals surface area contributed by atoms with E-state index in [2.05, 4.69) is 10.4 Å². The molecule has 1 amide bonds. The van der Waals surface area contributed by atoms with Gasteiger partial charge in [-0.25, -0.2) is 13.5 Å². The van der Waals surface area contributed by atoms with Crippen molar-refractivity contribution in [1.82, 2.24) is 9.78 Å². The van der Waals surface area contributed by atoms with Crippen LogP contribution in [0.4, 0.5) is 14.6 Å². The largest absolute Gasteiger partial charge is 0.307 e. The number of hydrogen-bond donors (Lipinski definition) is 1. The highest BCUT2D eigenvalue weighted by Crippen LogP contribution is 2.30. The molecule has 1 fully saturated rings. The first-order chi connectivity index (χ1) is 11.1. The number of rotatable bonds is 3.